The van der Waals surface area contributed by atoms with Crippen molar-refractivity contribution in [3.8, 4) is 0 Å². The van der Waals surface area contributed by atoms with Gasteiger partial charge < -0.3 is 4.90 Å². The van der Waals surface area contributed by atoms with Crippen molar-refractivity contribution < 1.29 is 4.79 Å². The van der Waals surface area contributed by atoms with E-state index >= 15 is 0 Å². The van der Waals surface area contributed by atoms with Gasteiger partial charge in [-0.05, 0) is 53.8 Å². The summed E-state index contributed by atoms with van der Waals surface area (Å²) >= 11 is 6.96. The van der Waals surface area contributed by atoms with E-state index in [2.05, 4.69) is 37.9 Å². The second kappa shape index (κ2) is 6.49. The predicted molar refractivity (Wildman–Crippen MR) is 94.1 cm³/mol. The highest BCUT2D eigenvalue weighted by atomic mass is 79.9. The van der Waals surface area contributed by atoms with Crippen molar-refractivity contribution in [1.29, 1.82) is 0 Å². The van der Waals surface area contributed by atoms with Gasteiger partial charge in [0.2, 0.25) is 0 Å². The average Bonchev–Trinajstić information content (AvgIpc) is 2.95. The molecule has 1 fully saturated rings. The number of rotatable bonds is 3. The Morgan fingerprint density at radius 3 is 2.76 bits per heavy atom. The van der Waals surface area contributed by atoms with E-state index in [1.165, 1.54) is 0 Å². The lowest BCUT2D eigenvalue weighted by atomic mass is 10.1. The fourth-order valence-electron chi connectivity index (χ4n) is 2.94. The van der Waals surface area contributed by atoms with E-state index in [-0.39, 0.29) is 5.91 Å². The van der Waals surface area contributed by atoms with E-state index in [1.54, 1.807) is 0 Å². The van der Waals surface area contributed by atoms with Gasteiger partial charge in [0.25, 0.3) is 5.91 Å². The monoisotopic (exact) mass is 409 g/mol. The van der Waals surface area contributed by atoms with Crippen molar-refractivity contribution in [2.75, 3.05) is 18.4 Å². The summed E-state index contributed by atoms with van der Waals surface area (Å²) < 4.78 is 1.06. The lowest BCUT2D eigenvalue weighted by Crippen LogP contribution is -2.28. The fourth-order valence-corrected chi connectivity index (χ4v) is 3.97. The number of amides is 1. The van der Waals surface area contributed by atoms with Crippen LogP contribution < -0.4 is 0 Å². The van der Waals surface area contributed by atoms with Gasteiger partial charge in [-0.3, -0.25) is 4.79 Å². The Labute approximate surface area is 141 Å². The number of benzene rings is 2. The summed E-state index contributed by atoms with van der Waals surface area (Å²) in [6.07, 6.45) is 2.27. The summed E-state index contributed by atoms with van der Waals surface area (Å²) in [7, 11) is 0. The van der Waals surface area contributed by atoms with E-state index in [1.807, 2.05) is 35.2 Å². The van der Waals surface area contributed by atoms with Crippen LogP contribution in [-0.4, -0.2) is 29.2 Å². The number of hydrogen-bond acceptors (Lipinski definition) is 1. The summed E-state index contributed by atoms with van der Waals surface area (Å²) in [5, 5.41) is 3.28. The van der Waals surface area contributed by atoms with Gasteiger partial charge in [-0.2, -0.15) is 0 Å². The van der Waals surface area contributed by atoms with Crippen molar-refractivity contribution in [3.63, 3.8) is 0 Å². The second-order valence-corrected chi connectivity index (χ2v) is 7.30. The Morgan fingerprint density at radius 1 is 1.19 bits per heavy atom. The zero-order valence-electron chi connectivity index (χ0n) is 11.7. The Morgan fingerprint density at radius 2 is 1.95 bits per heavy atom. The third-order valence-corrected chi connectivity index (χ3v) is 5.09. The predicted octanol–water partition coefficient (Wildman–Crippen LogP) is 4.85. The molecule has 0 saturated carbocycles. The summed E-state index contributed by atoms with van der Waals surface area (Å²) in [6.45, 7) is 1.78. The van der Waals surface area contributed by atoms with Gasteiger partial charge in [0.05, 0.1) is 0 Å². The molecule has 0 bridgehead atoms. The smallest absolute Gasteiger partial charge is 0.253 e. The van der Waals surface area contributed by atoms with Crippen LogP contribution >= 0.6 is 31.9 Å². The SMILES string of the molecule is O=C(c1ccc2cc(Br)ccc2c1)N1CCC(CCBr)C1. The number of carbonyl (C=O) groups excluding carboxylic acids is 1. The summed E-state index contributed by atoms with van der Waals surface area (Å²) in [4.78, 5) is 14.6. The highest BCUT2D eigenvalue weighted by molar-refractivity contribution is 9.10. The van der Waals surface area contributed by atoms with E-state index in [0.29, 0.717) is 5.92 Å². The average molecular weight is 411 g/mol. The molecule has 4 heteroatoms. The largest absolute Gasteiger partial charge is 0.338 e. The first kappa shape index (κ1) is 15.0. The third kappa shape index (κ3) is 3.32. The zero-order valence-corrected chi connectivity index (χ0v) is 14.9. The molecule has 1 heterocycles. The topological polar surface area (TPSA) is 20.3 Å². The first-order valence-electron chi connectivity index (χ1n) is 7.22. The number of likely N-dealkylation sites (tertiary alicyclic amines) is 1. The van der Waals surface area contributed by atoms with Gasteiger partial charge in [-0.15, -0.1) is 0 Å². The molecule has 3 rings (SSSR count). The summed E-state index contributed by atoms with van der Waals surface area (Å²) in [5.74, 6) is 0.807. The Kier molecular flexibility index (Phi) is 4.65. The molecule has 1 aliphatic heterocycles. The molecule has 1 amide bonds. The molecular weight excluding hydrogens is 394 g/mol. The van der Waals surface area contributed by atoms with Crippen LogP contribution in [0.25, 0.3) is 10.8 Å². The highest BCUT2D eigenvalue weighted by Gasteiger charge is 2.26. The Bertz CT molecular complexity index is 671. The zero-order chi connectivity index (χ0) is 14.8. The maximum absolute atomic E-state index is 12.6. The molecule has 110 valence electrons. The quantitative estimate of drug-likeness (QED) is 0.662. The normalized spacial score (nSPS) is 18.4. The van der Waals surface area contributed by atoms with Crippen molar-refractivity contribution >= 4 is 48.5 Å². The first-order valence-corrected chi connectivity index (χ1v) is 9.13. The van der Waals surface area contributed by atoms with Crippen molar-refractivity contribution in [3.05, 3.63) is 46.4 Å². The molecule has 21 heavy (non-hydrogen) atoms. The standard InChI is InChI=1S/C17H17Br2NO/c18-7-5-12-6-8-20(11-12)17(21)15-2-1-14-10-16(19)4-3-13(14)9-15/h1-4,9-10,12H,5-8,11H2. The van der Waals surface area contributed by atoms with Crippen LogP contribution in [0.5, 0.6) is 0 Å². The number of halogens is 2. The fraction of sp³-hybridized carbons (Fsp3) is 0.353. The minimum Gasteiger partial charge on any atom is -0.338 e. The number of carbonyl (C=O) groups is 1. The van der Waals surface area contributed by atoms with Crippen molar-refractivity contribution in [1.82, 2.24) is 4.90 Å². The van der Waals surface area contributed by atoms with Gasteiger partial charge in [0, 0.05) is 28.5 Å². The number of alkyl halides is 1. The van der Waals surface area contributed by atoms with Gasteiger partial charge in [0.1, 0.15) is 0 Å². The molecule has 1 atom stereocenters. The summed E-state index contributed by atoms with van der Waals surface area (Å²) in [6, 6.07) is 12.1. The highest BCUT2D eigenvalue weighted by Crippen LogP contribution is 2.25. The number of hydrogen-bond donors (Lipinski definition) is 0. The molecule has 0 aromatic heterocycles. The van der Waals surface area contributed by atoms with E-state index in [9.17, 15) is 4.79 Å². The molecule has 1 unspecified atom stereocenters. The van der Waals surface area contributed by atoms with Crippen LogP contribution in [0.15, 0.2) is 40.9 Å². The second-order valence-electron chi connectivity index (χ2n) is 5.59. The van der Waals surface area contributed by atoms with Crippen molar-refractivity contribution in [2.45, 2.75) is 12.8 Å². The minimum absolute atomic E-state index is 0.164. The third-order valence-electron chi connectivity index (χ3n) is 4.14. The number of fused-ring (bicyclic) bond motifs is 1. The van der Waals surface area contributed by atoms with Crippen molar-refractivity contribution in [2.24, 2.45) is 5.92 Å². The van der Waals surface area contributed by atoms with Gasteiger partial charge in [-0.25, -0.2) is 0 Å². The van der Waals surface area contributed by atoms with Gasteiger partial charge in [0.15, 0.2) is 0 Å². The lowest BCUT2D eigenvalue weighted by molar-refractivity contribution is 0.0787. The van der Waals surface area contributed by atoms with Crippen LogP contribution in [0.2, 0.25) is 0 Å². The van der Waals surface area contributed by atoms with E-state index in [4.69, 9.17) is 0 Å². The molecule has 0 aliphatic carbocycles. The minimum atomic E-state index is 0.164. The molecule has 1 aliphatic rings. The van der Waals surface area contributed by atoms with E-state index in [0.717, 1.165) is 52.1 Å². The molecule has 2 aromatic carbocycles. The van der Waals surface area contributed by atoms with Crippen LogP contribution in [0.1, 0.15) is 23.2 Å². The van der Waals surface area contributed by atoms with Crippen LogP contribution in [0, 0.1) is 5.92 Å². The molecule has 0 spiro atoms. The maximum atomic E-state index is 12.6. The molecule has 1 saturated heterocycles. The van der Waals surface area contributed by atoms with Crippen LogP contribution in [-0.2, 0) is 0 Å². The van der Waals surface area contributed by atoms with Crippen LogP contribution in [0.4, 0.5) is 0 Å². The maximum Gasteiger partial charge on any atom is 0.253 e. The first-order chi connectivity index (χ1) is 10.2. The molecule has 0 radical (unpaired) electrons. The number of nitrogens with zero attached hydrogens (tertiary/aromatic N) is 1. The Balaban J connectivity index is 1.80. The van der Waals surface area contributed by atoms with Crippen LogP contribution in [0.3, 0.4) is 0 Å². The van der Waals surface area contributed by atoms with E-state index < -0.39 is 0 Å². The molecule has 2 nitrogen and oxygen atoms in total. The van der Waals surface area contributed by atoms with Gasteiger partial charge >= 0.3 is 0 Å². The molecule has 0 N–H and O–H groups in total. The van der Waals surface area contributed by atoms with Gasteiger partial charge in [-0.1, -0.05) is 44.0 Å². The Hall–Kier alpha value is -0.870. The summed E-state index contributed by atoms with van der Waals surface area (Å²) in [5.41, 5.74) is 0.796. The lowest BCUT2D eigenvalue weighted by Gasteiger charge is -2.17. The molecule has 2 aromatic rings. The molecular formula is C17H17Br2NO.